The van der Waals surface area contributed by atoms with Crippen LogP contribution in [-0.2, 0) is 14.6 Å². The van der Waals surface area contributed by atoms with Crippen LogP contribution in [0.4, 0.5) is 0 Å². The van der Waals surface area contributed by atoms with Gasteiger partial charge in [0.15, 0.2) is 9.84 Å². The monoisotopic (exact) mass is 309 g/mol. The van der Waals surface area contributed by atoms with Gasteiger partial charge in [-0.05, 0) is 31.0 Å². The van der Waals surface area contributed by atoms with Crippen LogP contribution >= 0.6 is 0 Å². The first-order valence-electron chi connectivity index (χ1n) is 5.96. The smallest absolute Gasteiger partial charge is 0.335 e. The van der Waals surface area contributed by atoms with Gasteiger partial charge in [0.1, 0.15) is 5.75 Å². The number of carbonyl (C=O) groups excluding carboxylic acids is 1. The van der Waals surface area contributed by atoms with E-state index in [1.807, 2.05) is 0 Å². The standard InChI is InChI=1S/C14H15NO5S/c1-4-5-15-13(16)8-21(19,20)12-7-11(14(17)18)9(2)6-10(12)3/h1,6-7H,5,8H2,2-3H3,(H,15,16)(H,17,18). The number of hydrogen-bond donors (Lipinski definition) is 2. The highest BCUT2D eigenvalue weighted by atomic mass is 32.2. The summed E-state index contributed by atoms with van der Waals surface area (Å²) < 4.78 is 24.4. The third-order valence-electron chi connectivity index (χ3n) is 2.80. The second-order valence-electron chi connectivity index (χ2n) is 4.48. The van der Waals surface area contributed by atoms with Crippen LogP contribution in [0.3, 0.4) is 0 Å². The van der Waals surface area contributed by atoms with Crippen molar-refractivity contribution in [3.8, 4) is 12.3 Å². The van der Waals surface area contributed by atoms with Crippen molar-refractivity contribution in [2.24, 2.45) is 0 Å². The maximum atomic E-state index is 12.2. The highest BCUT2D eigenvalue weighted by Gasteiger charge is 2.23. The molecule has 112 valence electrons. The van der Waals surface area contributed by atoms with Crippen molar-refractivity contribution in [2.75, 3.05) is 12.3 Å². The lowest BCUT2D eigenvalue weighted by Crippen LogP contribution is -2.30. The summed E-state index contributed by atoms with van der Waals surface area (Å²) >= 11 is 0. The van der Waals surface area contributed by atoms with Crippen molar-refractivity contribution < 1.29 is 23.1 Å². The molecule has 0 saturated heterocycles. The van der Waals surface area contributed by atoms with E-state index in [2.05, 4.69) is 11.2 Å². The summed E-state index contributed by atoms with van der Waals surface area (Å²) in [5.41, 5.74) is 0.737. The summed E-state index contributed by atoms with van der Waals surface area (Å²) in [6, 6.07) is 2.55. The van der Waals surface area contributed by atoms with Gasteiger partial charge in [0.25, 0.3) is 0 Å². The van der Waals surface area contributed by atoms with Gasteiger partial charge in [0.2, 0.25) is 5.91 Å². The van der Waals surface area contributed by atoms with Gasteiger partial charge < -0.3 is 10.4 Å². The molecule has 0 aliphatic carbocycles. The number of rotatable bonds is 5. The fourth-order valence-electron chi connectivity index (χ4n) is 1.85. The zero-order valence-electron chi connectivity index (χ0n) is 11.6. The molecule has 0 spiro atoms. The zero-order valence-corrected chi connectivity index (χ0v) is 12.5. The lowest BCUT2D eigenvalue weighted by molar-refractivity contribution is -0.118. The lowest BCUT2D eigenvalue weighted by atomic mass is 10.1. The maximum absolute atomic E-state index is 12.2. The number of amides is 1. The third-order valence-corrected chi connectivity index (χ3v) is 4.55. The summed E-state index contributed by atoms with van der Waals surface area (Å²) in [6.45, 7) is 3.05. The molecule has 0 unspecified atom stereocenters. The molecule has 1 aromatic carbocycles. The quantitative estimate of drug-likeness (QED) is 0.773. The average Bonchev–Trinajstić information content (AvgIpc) is 2.34. The van der Waals surface area contributed by atoms with Gasteiger partial charge in [-0.3, -0.25) is 4.79 Å². The van der Waals surface area contributed by atoms with Crippen molar-refractivity contribution in [2.45, 2.75) is 18.7 Å². The molecular formula is C14H15NO5S. The number of sulfone groups is 1. The van der Waals surface area contributed by atoms with E-state index < -0.39 is 27.5 Å². The minimum absolute atomic E-state index is 0.0678. The van der Waals surface area contributed by atoms with Crippen LogP contribution in [0.15, 0.2) is 17.0 Å². The average molecular weight is 309 g/mol. The fourth-order valence-corrected chi connectivity index (χ4v) is 3.30. The number of hydrogen-bond acceptors (Lipinski definition) is 4. The first kappa shape index (κ1) is 16.7. The minimum atomic E-state index is -3.94. The summed E-state index contributed by atoms with van der Waals surface area (Å²) in [4.78, 5) is 22.4. The van der Waals surface area contributed by atoms with Crippen LogP contribution in [0.1, 0.15) is 21.5 Å². The molecule has 6 nitrogen and oxygen atoms in total. The van der Waals surface area contributed by atoms with E-state index in [-0.39, 0.29) is 17.0 Å². The van der Waals surface area contributed by atoms with Crippen LogP contribution in [0, 0.1) is 26.2 Å². The van der Waals surface area contributed by atoms with E-state index in [0.717, 1.165) is 6.07 Å². The summed E-state index contributed by atoms with van der Waals surface area (Å²) in [7, 11) is -3.94. The van der Waals surface area contributed by atoms with Crippen molar-refractivity contribution in [3.05, 3.63) is 28.8 Å². The summed E-state index contributed by atoms with van der Waals surface area (Å²) in [5, 5.41) is 11.3. The van der Waals surface area contributed by atoms with Crippen LogP contribution in [0.5, 0.6) is 0 Å². The number of terminal acetylenes is 1. The molecule has 1 amide bonds. The molecule has 0 aromatic heterocycles. The van der Waals surface area contributed by atoms with Gasteiger partial charge in [-0.15, -0.1) is 6.42 Å². The molecule has 0 fully saturated rings. The number of aryl methyl sites for hydroxylation is 2. The van der Waals surface area contributed by atoms with Crippen LogP contribution in [-0.4, -0.2) is 37.7 Å². The topological polar surface area (TPSA) is 101 Å². The second kappa shape index (κ2) is 6.41. The Bertz CT molecular complexity index is 728. The molecule has 1 aromatic rings. The number of benzene rings is 1. The van der Waals surface area contributed by atoms with Crippen LogP contribution in [0.2, 0.25) is 0 Å². The van der Waals surface area contributed by atoms with Gasteiger partial charge in [-0.25, -0.2) is 13.2 Å². The summed E-state index contributed by atoms with van der Waals surface area (Å²) in [6.07, 6.45) is 4.97. The Labute approximate surface area is 123 Å². The zero-order chi connectivity index (χ0) is 16.2. The predicted octanol–water partition coefficient (Wildman–Crippen LogP) is 0.525. The number of carboxylic acids is 1. The van der Waals surface area contributed by atoms with Crippen molar-refractivity contribution in [3.63, 3.8) is 0 Å². The lowest BCUT2D eigenvalue weighted by Gasteiger charge is -2.10. The maximum Gasteiger partial charge on any atom is 0.335 e. The Balaban J connectivity index is 3.20. The summed E-state index contributed by atoms with van der Waals surface area (Å²) in [5.74, 6) is -0.571. The Morgan fingerprint density at radius 1 is 1.29 bits per heavy atom. The predicted molar refractivity (Wildman–Crippen MR) is 76.8 cm³/mol. The van der Waals surface area contributed by atoms with Crippen LogP contribution in [0.25, 0.3) is 0 Å². The molecule has 0 bridgehead atoms. The Kier molecular flexibility index (Phi) is 5.11. The molecule has 7 heteroatoms. The van der Waals surface area contributed by atoms with E-state index >= 15 is 0 Å². The van der Waals surface area contributed by atoms with E-state index in [1.54, 1.807) is 13.8 Å². The van der Waals surface area contributed by atoms with Gasteiger partial charge in [0, 0.05) is 0 Å². The second-order valence-corrected chi connectivity index (χ2v) is 6.44. The van der Waals surface area contributed by atoms with E-state index in [1.165, 1.54) is 6.07 Å². The number of nitrogens with one attached hydrogen (secondary N) is 1. The van der Waals surface area contributed by atoms with Crippen molar-refractivity contribution in [1.29, 1.82) is 0 Å². The number of carbonyl (C=O) groups is 2. The van der Waals surface area contributed by atoms with Gasteiger partial charge in [0.05, 0.1) is 17.0 Å². The van der Waals surface area contributed by atoms with E-state index in [4.69, 9.17) is 11.5 Å². The molecule has 0 aliphatic rings. The SMILES string of the molecule is C#CCNC(=O)CS(=O)(=O)c1cc(C(=O)O)c(C)cc1C. The third kappa shape index (κ3) is 4.07. The Morgan fingerprint density at radius 3 is 2.43 bits per heavy atom. The van der Waals surface area contributed by atoms with Gasteiger partial charge in [-0.2, -0.15) is 0 Å². The van der Waals surface area contributed by atoms with Crippen molar-refractivity contribution in [1.82, 2.24) is 5.32 Å². The largest absolute Gasteiger partial charge is 0.478 e. The number of aromatic carboxylic acids is 1. The molecule has 0 atom stereocenters. The fraction of sp³-hybridized carbons (Fsp3) is 0.286. The molecule has 1 rings (SSSR count). The number of carboxylic acid groups (broad SMARTS) is 1. The van der Waals surface area contributed by atoms with Gasteiger partial charge >= 0.3 is 5.97 Å². The minimum Gasteiger partial charge on any atom is -0.478 e. The Hall–Kier alpha value is -2.33. The van der Waals surface area contributed by atoms with Crippen LogP contribution < -0.4 is 5.32 Å². The van der Waals surface area contributed by atoms with Crippen molar-refractivity contribution >= 4 is 21.7 Å². The normalized spacial score (nSPS) is 10.7. The van der Waals surface area contributed by atoms with Gasteiger partial charge in [-0.1, -0.05) is 12.0 Å². The molecule has 2 N–H and O–H groups in total. The highest BCUT2D eigenvalue weighted by Crippen LogP contribution is 2.21. The molecule has 0 radical (unpaired) electrons. The molecule has 21 heavy (non-hydrogen) atoms. The molecule has 0 heterocycles. The van der Waals surface area contributed by atoms with E-state index in [0.29, 0.717) is 11.1 Å². The van der Waals surface area contributed by atoms with E-state index in [9.17, 15) is 18.0 Å². The highest BCUT2D eigenvalue weighted by molar-refractivity contribution is 7.92. The molecular weight excluding hydrogens is 294 g/mol. The Morgan fingerprint density at radius 2 is 1.90 bits per heavy atom. The first-order chi connectivity index (χ1) is 9.69. The molecule has 0 saturated carbocycles. The molecule has 0 aliphatic heterocycles. The first-order valence-corrected chi connectivity index (χ1v) is 7.61.